The fourth-order valence-corrected chi connectivity index (χ4v) is 2.84. The number of hydrogen-bond acceptors (Lipinski definition) is 5. The van der Waals surface area contributed by atoms with Crippen LogP contribution in [0.25, 0.3) is 0 Å². The predicted molar refractivity (Wildman–Crippen MR) is 74.2 cm³/mol. The van der Waals surface area contributed by atoms with Crippen molar-refractivity contribution in [1.82, 2.24) is 4.98 Å². The van der Waals surface area contributed by atoms with Crippen molar-refractivity contribution in [2.45, 2.75) is 30.7 Å². The van der Waals surface area contributed by atoms with Gasteiger partial charge in [0.15, 0.2) is 0 Å². The SMILES string of the molecule is CC(N)C1CCN(c2ccc(S(N)(=O)=O)cn2)CC1. The second kappa shape index (κ2) is 5.44. The van der Waals surface area contributed by atoms with Gasteiger partial charge in [0.1, 0.15) is 10.7 Å². The summed E-state index contributed by atoms with van der Waals surface area (Å²) in [6.07, 6.45) is 3.38. The van der Waals surface area contributed by atoms with Gasteiger partial charge in [0, 0.05) is 25.3 Å². The average molecular weight is 284 g/mol. The van der Waals surface area contributed by atoms with Crippen LogP contribution in [0.3, 0.4) is 0 Å². The normalized spacial score (nSPS) is 19.4. The molecule has 0 aromatic carbocycles. The first-order chi connectivity index (χ1) is 8.88. The molecule has 106 valence electrons. The zero-order valence-electron chi connectivity index (χ0n) is 11.0. The van der Waals surface area contributed by atoms with Gasteiger partial charge in [0.2, 0.25) is 10.0 Å². The third kappa shape index (κ3) is 3.43. The Morgan fingerprint density at radius 3 is 2.42 bits per heavy atom. The van der Waals surface area contributed by atoms with E-state index < -0.39 is 10.0 Å². The molecular weight excluding hydrogens is 264 g/mol. The molecule has 2 heterocycles. The summed E-state index contributed by atoms with van der Waals surface area (Å²) in [6.45, 7) is 3.83. The zero-order chi connectivity index (χ0) is 14.0. The minimum absolute atomic E-state index is 0.0433. The molecule has 0 saturated carbocycles. The molecule has 6 nitrogen and oxygen atoms in total. The summed E-state index contributed by atoms with van der Waals surface area (Å²) >= 11 is 0. The van der Waals surface area contributed by atoms with E-state index in [1.54, 1.807) is 6.07 Å². The molecule has 1 aliphatic heterocycles. The number of anilines is 1. The van der Waals surface area contributed by atoms with E-state index >= 15 is 0 Å². The number of sulfonamides is 1. The van der Waals surface area contributed by atoms with Crippen LogP contribution in [0.4, 0.5) is 5.82 Å². The lowest BCUT2D eigenvalue weighted by Gasteiger charge is -2.34. The average Bonchev–Trinajstić information content (AvgIpc) is 2.38. The highest BCUT2D eigenvalue weighted by atomic mass is 32.2. The summed E-state index contributed by atoms with van der Waals surface area (Å²) in [5.74, 6) is 1.34. The van der Waals surface area contributed by atoms with Gasteiger partial charge in [-0.1, -0.05) is 0 Å². The van der Waals surface area contributed by atoms with Gasteiger partial charge in [-0.15, -0.1) is 0 Å². The van der Waals surface area contributed by atoms with Crippen LogP contribution in [0.5, 0.6) is 0 Å². The van der Waals surface area contributed by atoms with Crippen LogP contribution in [0.15, 0.2) is 23.2 Å². The van der Waals surface area contributed by atoms with E-state index in [0.29, 0.717) is 5.92 Å². The van der Waals surface area contributed by atoms with Gasteiger partial charge in [-0.2, -0.15) is 0 Å². The largest absolute Gasteiger partial charge is 0.357 e. The Kier molecular flexibility index (Phi) is 4.07. The van der Waals surface area contributed by atoms with Crippen molar-refractivity contribution in [1.29, 1.82) is 0 Å². The van der Waals surface area contributed by atoms with Crippen molar-refractivity contribution in [3.63, 3.8) is 0 Å². The zero-order valence-corrected chi connectivity index (χ0v) is 11.8. The second-order valence-corrected chi connectivity index (χ2v) is 6.64. The number of hydrogen-bond donors (Lipinski definition) is 2. The van der Waals surface area contributed by atoms with Crippen LogP contribution in [-0.2, 0) is 10.0 Å². The van der Waals surface area contributed by atoms with Crippen molar-refractivity contribution in [2.75, 3.05) is 18.0 Å². The fourth-order valence-electron chi connectivity index (χ4n) is 2.38. The molecule has 1 aromatic rings. The summed E-state index contributed by atoms with van der Waals surface area (Å²) in [6, 6.07) is 3.42. The van der Waals surface area contributed by atoms with Crippen LogP contribution in [-0.4, -0.2) is 32.5 Å². The number of primary sulfonamides is 1. The Morgan fingerprint density at radius 2 is 2.00 bits per heavy atom. The number of aromatic nitrogens is 1. The number of piperidine rings is 1. The van der Waals surface area contributed by atoms with Crippen molar-refractivity contribution < 1.29 is 8.42 Å². The molecule has 7 heteroatoms. The molecule has 4 N–H and O–H groups in total. The first-order valence-electron chi connectivity index (χ1n) is 6.37. The van der Waals surface area contributed by atoms with Gasteiger partial charge in [-0.05, 0) is 37.8 Å². The van der Waals surface area contributed by atoms with E-state index in [-0.39, 0.29) is 10.9 Å². The minimum atomic E-state index is -3.67. The van der Waals surface area contributed by atoms with Crippen molar-refractivity contribution in [2.24, 2.45) is 16.8 Å². The summed E-state index contributed by atoms with van der Waals surface area (Å²) in [5, 5.41) is 5.04. The molecule has 1 aromatic heterocycles. The summed E-state index contributed by atoms with van der Waals surface area (Å²) in [7, 11) is -3.67. The highest BCUT2D eigenvalue weighted by Crippen LogP contribution is 2.23. The number of rotatable bonds is 3. The Hall–Kier alpha value is -1.18. The molecule has 1 saturated heterocycles. The number of nitrogens with zero attached hydrogens (tertiary/aromatic N) is 2. The van der Waals surface area contributed by atoms with Crippen LogP contribution in [0.1, 0.15) is 19.8 Å². The molecule has 0 bridgehead atoms. The van der Waals surface area contributed by atoms with Gasteiger partial charge in [-0.25, -0.2) is 18.5 Å². The molecule has 1 aliphatic rings. The fraction of sp³-hybridized carbons (Fsp3) is 0.583. The molecule has 1 unspecified atom stereocenters. The molecule has 1 fully saturated rings. The Bertz CT molecular complexity index is 519. The first-order valence-corrected chi connectivity index (χ1v) is 7.92. The van der Waals surface area contributed by atoms with Crippen molar-refractivity contribution in [3.05, 3.63) is 18.3 Å². The number of nitrogens with two attached hydrogens (primary N) is 2. The van der Waals surface area contributed by atoms with Crippen molar-refractivity contribution >= 4 is 15.8 Å². The summed E-state index contributed by atoms with van der Waals surface area (Å²) < 4.78 is 22.3. The third-order valence-corrected chi connectivity index (χ3v) is 4.56. The van der Waals surface area contributed by atoms with Gasteiger partial charge < -0.3 is 10.6 Å². The molecule has 0 radical (unpaired) electrons. The summed E-state index contributed by atoms with van der Waals surface area (Å²) in [5.41, 5.74) is 5.90. The molecule has 19 heavy (non-hydrogen) atoms. The monoisotopic (exact) mass is 284 g/mol. The highest BCUT2D eigenvalue weighted by molar-refractivity contribution is 7.89. The van der Waals surface area contributed by atoms with Gasteiger partial charge in [0.25, 0.3) is 0 Å². The maximum atomic E-state index is 11.1. The van der Waals surface area contributed by atoms with Gasteiger partial charge in [0.05, 0.1) is 0 Å². The first kappa shape index (κ1) is 14.2. The van der Waals surface area contributed by atoms with E-state index in [1.807, 2.05) is 6.92 Å². The highest BCUT2D eigenvalue weighted by Gasteiger charge is 2.22. The molecule has 1 atom stereocenters. The Balaban J connectivity index is 2.04. The van der Waals surface area contributed by atoms with Gasteiger partial charge in [-0.3, -0.25) is 0 Å². The predicted octanol–water partition coefficient (Wildman–Crippen LogP) is 0.293. The lowest BCUT2D eigenvalue weighted by atomic mass is 9.91. The van der Waals surface area contributed by atoms with Crippen molar-refractivity contribution in [3.8, 4) is 0 Å². The molecular formula is C12H20N4O2S. The van der Waals surface area contributed by atoms with Crippen LogP contribution < -0.4 is 15.8 Å². The lowest BCUT2D eigenvalue weighted by molar-refractivity contribution is 0.353. The van der Waals surface area contributed by atoms with Gasteiger partial charge >= 0.3 is 0 Å². The Morgan fingerprint density at radius 1 is 1.37 bits per heavy atom. The van der Waals surface area contributed by atoms with E-state index in [0.717, 1.165) is 31.7 Å². The topological polar surface area (TPSA) is 102 Å². The van der Waals surface area contributed by atoms with E-state index in [4.69, 9.17) is 10.9 Å². The van der Waals surface area contributed by atoms with E-state index in [9.17, 15) is 8.42 Å². The Labute approximate surface area is 113 Å². The molecule has 0 spiro atoms. The third-order valence-electron chi connectivity index (χ3n) is 3.66. The maximum Gasteiger partial charge on any atom is 0.239 e. The standard InChI is InChI=1S/C12H20N4O2S/c1-9(13)10-4-6-16(7-5-10)12-3-2-11(8-15-12)19(14,17)18/h2-3,8-10H,4-7,13H2,1H3,(H2,14,17,18). The van der Waals surface area contributed by atoms with E-state index in [2.05, 4.69) is 9.88 Å². The van der Waals surface area contributed by atoms with Crippen LogP contribution in [0.2, 0.25) is 0 Å². The van der Waals surface area contributed by atoms with Crippen LogP contribution in [0, 0.1) is 5.92 Å². The second-order valence-electron chi connectivity index (χ2n) is 5.08. The maximum absolute atomic E-state index is 11.1. The molecule has 0 aliphatic carbocycles. The van der Waals surface area contributed by atoms with Crippen LogP contribution >= 0.6 is 0 Å². The summed E-state index contributed by atoms with van der Waals surface area (Å²) in [4.78, 5) is 6.36. The van der Waals surface area contributed by atoms with E-state index in [1.165, 1.54) is 12.3 Å². The quantitative estimate of drug-likeness (QED) is 0.830. The lowest BCUT2D eigenvalue weighted by Crippen LogP contribution is -2.40. The minimum Gasteiger partial charge on any atom is -0.357 e. The smallest absolute Gasteiger partial charge is 0.239 e. The molecule has 2 rings (SSSR count). The molecule has 0 amide bonds. The number of pyridine rings is 1.